The van der Waals surface area contributed by atoms with Gasteiger partial charge in [0.05, 0.1) is 22.2 Å². The summed E-state index contributed by atoms with van der Waals surface area (Å²) < 4.78 is 74.7. The number of nitrogens with zero attached hydrogens (tertiary/aromatic N) is 2. The summed E-state index contributed by atoms with van der Waals surface area (Å²) in [5.74, 6) is -2.59. The van der Waals surface area contributed by atoms with Crippen LogP contribution in [0.15, 0.2) is 30.3 Å². The number of fused-ring (bicyclic) bond motifs is 5. The molecular weight excluding hydrogens is 505 g/mol. The Balaban J connectivity index is 1.96. The molecule has 188 valence electrons. The number of alkyl halides is 3. The lowest BCUT2D eigenvalue weighted by atomic mass is 10.0. The number of ether oxygens (including phenoxy) is 1. The molecule has 13 heteroatoms. The van der Waals surface area contributed by atoms with E-state index in [0.29, 0.717) is 27.8 Å². The monoisotopic (exact) mass is 528 g/mol. The van der Waals surface area contributed by atoms with Gasteiger partial charge in [-0.25, -0.2) is 0 Å². The van der Waals surface area contributed by atoms with Crippen LogP contribution in [0.4, 0.5) is 13.2 Å². The molecule has 2 amide bonds. The summed E-state index contributed by atoms with van der Waals surface area (Å²) in [5, 5.41) is 0.873. The van der Waals surface area contributed by atoms with E-state index >= 15 is 0 Å². The number of rotatable bonds is 7. The van der Waals surface area contributed by atoms with E-state index in [1.165, 1.54) is 0 Å². The summed E-state index contributed by atoms with van der Waals surface area (Å²) in [6.07, 6.45) is 0. The van der Waals surface area contributed by atoms with Crippen molar-refractivity contribution in [2.24, 2.45) is 0 Å². The summed E-state index contributed by atoms with van der Waals surface area (Å²) in [5.41, 5.74) is -5.65. The second-order valence-electron chi connectivity index (χ2n) is 9.46. The predicted octanol–water partition coefficient (Wildman–Crippen LogP) is 4.56. The number of aromatic nitrogens is 1. The van der Waals surface area contributed by atoms with E-state index in [1.54, 1.807) is 28.8 Å². The zero-order valence-corrected chi connectivity index (χ0v) is 21.2. The van der Waals surface area contributed by atoms with Crippen LogP contribution in [-0.2, 0) is 21.6 Å². The molecule has 0 atom stereocenters. The minimum atomic E-state index is -6.10. The van der Waals surface area contributed by atoms with Gasteiger partial charge in [0.15, 0.2) is 5.75 Å². The molecule has 1 aliphatic rings. The third-order valence-corrected chi connectivity index (χ3v) is 8.43. The number of para-hydroxylation sites is 1. The number of hydrogen-bond donors (Lipinski definition) is 0. The molecule has 0 saturated heterocycles. The number of carbonyl (C=O) groups is 2. The normalized spacial score (nSPS) is 14.9. The first-order valence-corrected chi connectivity index (χ1v) is 15.7. The van der Waals surface area contributed by atoms with Crippen molar-refractivity contribution in [1.29, 1.82) is 0 Å². The highest BCUT2D eigenvalue weighted by Crippen LogP contribution is 2.43. The largest absolute Gasteiger partial charge is 0.534 e. The zero-order valence-electron chi connectivity index (χ0n) is 19.4. The maximum atomic E-state index is 13.1. The molecule has 0 fully saturated rings. The summed E-state index contributed by atoms with van der Waals surface area (Å²) in [4.78, 5) is 26.5. The summed E-state index contributed by atoms with van der Waals surface area (Å²) >= 11 is 0. The zero-order chi connectivity index (χ0) is 25.9. The molecular formula is C22H23F3N2O6SSi. The number of hydrogen-bond acceptors (Lipinski definition) is 6. The quantitative estimate of drug-likeness (QED) is 0.147. The second-order valence-corrected chi connectivity index (χ2v) is 16.6. The van der Waals surface area contributed by atoms with E-state index in [-0.39, 0.29) is 17.8 Å². The highest BCUT2D eigenvalue weighted by Gasteiger charge is 2.50. The predicted molar refractivity (Wildman–Crippen MR) is 126 cm³/mol. The molecule has 35 heavy (non-hydrogen) atoms. The lowest BCUT2D eigenvalue weighted by molar-refractivity contribution is -0.0500. The molecule has 0 unspecified atom stereocenters. The maximum Gasteiger partial charge on any atom is 0.534 e. The van der Waals surface area contributed by atoms with Crippen molar-refractivity contribution in [2.45, 2.75) is 37.9 Å². The van der Waals surface area contributed by atoms with Crippen molar-refractivity contribution in [2.75, 3.05) is 13.7 Å². The summed E-state index contributed by atoms with van der Waals surface area (Å²) in [7, 11) is -6.33. The molecule has 1 aromatic heterocycles. The Hall–Kier alpha value is -2.90. The van der Waals surface area contributed by atoms with Crippen LogP contribution < -0.4 is 4.18 Å². The van der Waals surface area contributed by atoms with Crippen molar-refractivity contribution in [3.05, 3.63) is 41.5 Å². The van der Waals surface area contributed by atoms with Gasteiger partial charge < -0.3 is 13.5 Å². The van der Waals surface area contributed by atoms with Crippen LogP contribution in [0.2, 0.25) is 25.7 Å². The molecule has 3 aromatic rings. The Bertz CT molecular complexity index is 1470. The molecule has 8 nitrogen and oxygen atoms in total. The second kappa shape index (κ2) is 8.35. The number of carbonyl (C=O) groups excluding carboxylic acids is 2. The molecule has 0 N–H and O–H groups in total. The van der Waals surface area contributed by atoms with Gasteiger partial charge in [-0.05, 0) is 12.1 Å². The topological polar surface area (TPSA) is 94.9 Å². The fourth-order valence-corrected chi connectivity index (χ4v) is 5.16. The average molecular weight is 529 g/mol. The van der Waals surface area contributed by atoms with Gasteiger partial charge >= 0.3 is 15.6 Å². The van der Waals surface area contributed by atoms with Gasteiger partial charge in [0.25, 0.3) is 11.8 Å². The van der Waals surface area contributed by atoms with Crippen molar-refractivity contribution in [1.82, 2.24) is 9.47 Å². The van der Waals surface area contributed by atoms with Crippen molar-refractivity contribution < 1.29 is 40.1 Å². The van der Waals surface area contributed by atoms with Gasteiger partial charge in [-0.2, -0.15) is 21.6 Å². The molecule has 4 rings (SSSR count). The Kier molecular flexibility index (Phi) is 6.01. The maximum absolute atomic E-state index is 13.1. The lowest BCUT2D eigenvalue weighted by Crippen LogP contribution is -2.29. The Morgan fingerprint density at radius 1 is 1.00 bits per heavy atom. The van der Waals surface area contributed by atoms with E-state index in [1.807, 2.05) is 0 Å². The minimum absolute atomic E-state index is 0.00326. The van der Waals surface area contributed by atoms with Crippen LogP contribution in [0.25, 0.3) is 21.8 Å². The van der Waals surface area contributed by atoms with E-state index in [0.717, 1.165) is 19.2 Å². The van der Waals surface area contributed by atoms with E-state index in [9.17, 15) is 31.2 Å². The lowest BCUT2D eigenvalue weighted by Gasteiger charge is -2.16. The molecule has 0 radical (unpaired) electrons. The SMILES string of the molecule is CN1C(=O)c2c(OS(=O)(=O)C(F)(F)F)cc3c(c2C1=O)c1ccccc1n3COCC[Si](C)(C)C. The van der Waals surface area contributed by atoms with Crippen molar-refractivity contribution in [3.8, 4) is 5.75 Å². The Morgan fingerprint density at radius 3 is 2.26 bits per heavy atom. The number of benzene rings is 2. The number of imide groups is 1. The van der Waals surface area contributed by atoms with Crippen LogP contribution in [-0.4, -0.2) is 56.9 Å². The molecule has 0 spiro atoms. The third-order valence-electron chi connectivity index (χ3n) is 5.76. The molecule has 0 aliphatic carbocycles. The Labute approximate surface area is 200 Å². The van der Waals surface area contributed by atoms with Gasteiger partial charge in [-0.15, -0.1) is 0 Å². The highest BCUT2D eigenvalue weighted by atomic mass is 32.2. The van der Waals surface area contributed by atoms with Gasteiger partial charge in [0.1, 0.15) is 6.73 Å². The van der Waals surface area contributed by atoms with E-state index in [4.69, 9.17) is 4.74 Å². The minimum Gasteiger partial charge on any atom is -0.375 e. The fraction of sp³-hybridized carbons (Fsp3) is 0.364. The van der Waals surface area contributed by atoms with Crippen molar-refractivity contribution in [3.63, 3.8) is 0 Å². The van der Waals surface area contributed by atoms with Gasteiger partial charge in [0.2, 0.25) is 0 Å². The summed E-state index contributed by atoms with van der Waals surface area (Å²) in [6, 6.07) is 8.82. The van der Waals surface area contributed by atoms with Crippen LogP contribution in [0.1, 0.15) is 20.7 Å². The molecule has 2 aromatic carbocycles. The fourth-order valence-electron chi connectivity index (χ4n) is 3.94. The summed E-state index contributed by atoms with van der Waals surface area (Å²) in [6.45, 7) is 7.00. The van der Waals surface area contributed by atoms with Gasteiger partial charge in [0, 0.05) is 38.6 Å². The van der Waals surface area contributed by atoms with E-state index in [2.05, 4.69) is 23.8 Å². The average Bonchev–Trinajstić information content (AvgIpc) is 3.17. The van der Waals surface area contributed by atoms with Crippen molar-refractivity contribution >= 4 is 51.8 Å². The smallest absolute Gasteiger partial charge is 0.375 e. The first-order valence-electron chi connectivity index (χ1n) is 10.6. The standard InChI is InChI=1S/C22H23F3N2O6SSi/c1-26-20(28)18-16(33-34(30,31)22(23,24)25)11-15-17(19(18)21(26)29)13-7-5-6-8-14(13)27(15)12-32-9-10-35(2,3)4/h5-8,11H,9-10,12H2,1-4H3. The third kappa shape index (κ3) is 4.32. The Morgan fingerprint density at radius 2 is 1.63 bits per heavy atom. The molecule has 0 bridgehead atoms. The first kappa shape index (κ1) is 25.2. The van der Waals surface area contributed by atoms with Crippen LogP contribution in [0, 0.1) is 0 Å². The van der Waals surface area contributed by atoms with Crippen LogP contribution in [0.5, 0.6) is 5.75 Å². The van der Waals surface area contributed by atoms with Crippen LogP contribution in [0.3, 0.4) is 0 Å². The molecule has 2 heterocycles. The highest BCUT2D eigenvalue weighted by molar-refractivity contribution is 7.88. The number of amides is 2. The van der Waals surface area contributed by atoms with E-state index < -0.39 is 46.8 Å². The van der Waals surface area contributed by atoms with Gasteiger partial charge in [-0.1, -0.05) is 37.8 Å². The number of halogens is 3. The van der Waals surface area contributed by atoms with Crippen LogP contribution >= 0.6 is 0 Å². The molecule has 0 saturated carbocycles. The van der Waals surface area contributed by atoms with Gasteiger partial charge in [-0.3, -0.25) is 14.5 Å². The first-order chi connectivity index (χ1) is 16.1. The molecule has 1 aliphatic heterocycles.